The number of nitrogens with zero attached hydrogens (tertiary/aromatic N) is 1. The van der Waals surface area contributed by atoms with Gasteiger partial charge in [0.05, 0.1) is 12.7 Å². The van der Waals surface area contributed by atoms with Crippen LogP contribution in [0.25, 0.3) is 0 Å². The molecule has 1 N–H and O–H groups in total. The number of fused-ring (bicyclic) bond motifs is 1. The number of methoxy groups -OCH3 is 1. The number of thioether (sulfide) groups is 1. The zero-order valence-corrected chi connectivity index (χ0v) is 19.7. The molecule has 33 heavy (non-hydrogen) atoms. The van der Waals surface area contributed by atoms with Gasteiger partial charge in [-0.05, 0) is 48.2 Å². The van der Waals surface area contributed by atoms with E-state index < -0.39 is 0 Å². The summed E-state index contributed by atoms with van der Waals surface area (Å²) in [5.41, 5.74) is 5.59. The molecule has 1 aliphatic heterocycles. The third-order valence-corrected chi connectivity index (χ3v) is 6.96. The summed E-state index contributed by atoms with van der Waals surface area (Å²) in [6.07, 6.45) is 1.10. The Morgan fingerprint density at radius 2 is 1.70 bits per heavy atom. The number of amides is 1. The number of para-hydroxylation sites is 1. The molecule has 1 heterocycles. The molecular weight excluding hydrogens is 432 g/mol. The van der Waals surface area contributed by atoms with E-state index in [-0.39, 0.29) is 17.1 Å². The van der Waals surface area contributed by atoms with Crippen molar-refractivity contribution in [3.63, 3.8) is 0 Å². The third-order valence-electron chi connectivity index (χ3n) is 5.80. The lowest BCUT2D eigenvalue weighted by molar-refractivity contribution is -0.139. The summed E-state index contributed by atoms with van der Waals surface area (Å²) in [6.45, 7) is 4.14. The Morgan fingerprint density at radius 1 is 1.00 bits per heavy atom. The van der Waals surface area contributed by atoms with Gasteiger partial charge >= 0.3 is 5.97 Å². The first-order valence-electron chi connectivity index (χ1n) is 11.1. The van der Waals surface area contributed by atoms with Crippen LogP contribution < -0.4 is 10.2 Å². The van der Waals surface area contributed by atoms with Gasteiger partial charge in [0, 0.05) is 30.2 Å². The molecule has 1 unspecified atom stereocenters. The molecule has 0 bridgehead atoms. The number of ether oxygens (including phenoxy) is 1. The van der Waals surface area contributed by atoms with Crippen molar-refractivity contribution in [3.8, 4) is 0 Å². The van der Waals surface area contributed by atoms with Gasteiger partial charge in [-0.3, -0.25) is 9.59 Å². The molecule has 1 atom stereocenters. The van der Waals surface area contributed by atoms with Crippen molar-refractivity contribution >= 4 is 29.3 Å². The topological polar surface area (TPSA) is 58.6 Å². The highest BCUT2D eigenvalue weighted by Crippen LogP contribution is 2.29. The molecule has 0 aromatic heterocycles. The number of carbonyl (C=O) groups excluding carboxylic acids is 2. The summed E-state index contributed by atoms with van der Waals surface area (Å²) in [5.74, 6) is -0.472. The van der Waals surface area contributed by atoms with Gasteiger partial charge < -0.3 is 15.0 Å². The number of rotatable bonds is 8. The molecule has 3 aromatic rings. The number of esters is 1. The lowest BCUT2D eigenvalue weighted by atomic mass is 10.1. The summed E-state index contributed by atoms with van der Waals surface area (Å²) >= 11 is 1.32. The minimum Gasteiger partial charge on any atom is -0.468 e. The van der Waals surface area contributed by atoms with Crippen LogP contribution in [0.1, 0.15) is 34.0 Å². The van der Waals surface area contributed by atoms with E-state index in [0.29, 0.717) is 12.1 Å². The van der Waals surface area contributed by atoms with E-state index in [2.05, 4.69) is 58.7 Å². The first kappa shape index (κ1) is 22.9. The van der Waals surface area contributed by atoms with Crippen LogP contribution in [-0.4, -0.2) is 30.8 Å². The highest BCUT2D eigenvalue weighted by molar-refractivity contribution is 8.00. The number of hydrogen-bond donors (Lipinski definition) is 1. The third kappa shape index (κ3) is 5.57. The molecule has 3 aromatic carbocycles. The zero-order valence-electron chi connectivity index (χ0n) is 18.9. The van der Waals surface area contributed by atoms with Crippen LogP contribution in [0.5, 0.6) is 0 Å². The first-order chi connectivity index (χ1) is 16.0. The van der Waals surface area contributed by atoms with Crippen molar-refractivity contribution in [2.24, 2.45) is 0 Å². The SMILES string of the molecule is COC(=O)C(C)Sc1ccccc1C(=O)NCc1ccc(CN2CCc3ccccc32)cc1. The maximum Gasteiger partial charge on any atom is 0.318 e. The Bertz CT molecular complexity index is 1130. The van der Waals surface area contributed by atoms with E-state index in [1.165, 1.54) is 35.7 Å². The summed E-state index contributed by atoms with van der Waals surface area (Å²) < 4.78 is 4.80. The smallest absolute Gasteiger partial charge is 0.318 e. The lowest BCUT2D eigenvalue weighted by Gasteiger charge is -2.19. The molecule has 4 rings (SSSR count). The second-order valence-electron chi connectivity index (χ2n) is 8.08. The Morgan fingerprint density at radius 3 is 2.48 bits per heavy atom. The van der Waals surface area contributed by atoms with Crippen LogP contribution in [0.3, 0.4) is 0 Å². The van der Waals surface area contributed by atoms with Crippen LogP contribution in [0.15, 0.2) is 77.7 Å². The Hall–Kier alpha value is -3.25. The molecule has 170 valence electrons. The van der Waals surface area contributed by atoms with E-state index >= 15 is 0 Å². The normalized spacial score (nSPS) is 13.3. The van der Waals surface area contributed by atoms with Crippen LogP contribution in [0.2, 0.25) is 0 Å². The highest BCUT2D eigenvalue weighted by atomic mass is 32.2. The predicted molar refractivity (Wildman–Crippen MR) is 133 cm³/mol. The molecule has 0 radical (unpaired) electrons. The van der Waals surface area contributed by atoms with Crippen molar-refractivity contribution in [2.75, 3.05) is 18.6 Å². The number of benzene rings is 3. The standard InChI is InChI=1S/C27H28N2O3S/c1-19(27(31)32-2)33-25-10-6-4-8-23(25)26(30)28-17-20-11-13-21(14-12-20)18-29-16-15-22-7-3-5-9-24(22)29/h3-14,19H,15-18H2,1-2H3,(H,28,30). The second-order valence-corrected chi connectivity index (χ2v) is 9.46. The van der Waals surface area contributed by atoms with Crippen LogP contribution >= 0.6 is 11.8 Å². The van der Waals surface area contributed by atoms with Crippen LogP contribution in [0, 0.1) is 0 Å². The minimum atomic E-state index is -0.390. The zero-order chi connectivity index (χ0) is 23.2. The van der Waals surface area contributed by atoms with Gasteiger partial charge in [-0.1, -0.05) is 54.6 Å². The molecule has 6 heteroatoms. The first-order valence-corrected chi connectivity index (χ1v) is 12.0. The number of hydrogen-bond acceptors (Lipinski definition) is 5. The molecule has 0 fully saturated rings. The fourth-order valence-electron chi connectivity index (χ4n) is 3.99. The van der Waals surface area contributed by atoms with Gasteiger partial charge in [-0.25, -0.2) is 0 Å². The maximum absolute atomic E-state index is 12.8. The molecular formula is C27H28N2O3S. The predicted octanol–water partition coefficient (Wildman–Crippen LogP) is 4.83. The summed E-state index contributed by atoms with van der Waals surface area (Å²) in [6, 6.07) is 24.3. The van der Waals surface area contributed by atoms with E-state index in [1.54, 1.807) is 13.0 Å². The molecule has 0 saturated carbocycles. The molecule has 0 aliphatic carbocycles. The fraction of sp³-hybridized carbons (Fsp3) is 0.259. The molecule has 0 saturated heterocycles. The van der Waals surface area contributed by atoms with Gasteiger partial charge in [-0.15, -0.1) is 11.8 Å². The van der Waals surface area contributed by atoms with E-state index in [4.69, 9.17) is 4.74 Å². The van der Waals surface area contributed by atoms with Crippen molar-refractivity contribution in [2.45, 2.75) is 36.6 Å². The van der Waals surface area contributed by atoms with Crippen molar-refractivity contribution in [1.82, 2.24) is 5.32 Å². The van der Waals surface area contributed by atoms with Gasteiger partial charge in [0.25, 0.3) is 5.91 Å². The minimum absolute atomic E-state index is 0.159. The van der Waals surface area contributed by atoms with E-state index in [9.17, 15) is 9.59 Å². The summed E-state index contributed by atoms with van der Waals surface area (Å²) in [5, 5.41) is 2.61. The lowest BCUT2D eigenvalue weighted by Crippen LogP contribution is -2.24. The monoisotopic (exact) mass is 460 g/mol. The number of anilines is 1. The van der Waals surface area contributed by atoms with Gasteiger partial charge in [0.2, 0.25) is 0 Å². The summed E-state index contributed by atoms with van der Waals surface area (Å²) in [4.78, 5) is 27.8. The van der Waals surface area contributed by atoms with Crippen molar-refractivity contribution in [3.05, 3.63) is 95.1 Å². The Labute approximate surface area is 199 Å². The quantitative estimate of drug-likeness (QED) is 0.385. The maximum atomic E-state index is 12.8. The molecule has 0 spiro atoms. The van der Waals surface area contributed by atoms with Crippen LogP contribution in [0.4, 0.5) is 5.69 Å². The Kier molecular flexibility index (Phi) is 7.35. The van der Waals surface area contributed by atoms with Gasteiger partial charge in [0.15, 0.2) is 0 Å². The van der Waals surface area contributed by atoms with Gasteiger partial charge in [0.1, 0.15) is 5.25 Å². The second kappa shape index (κ2) is 10.6. The average Bonchev–Trinajstić information content (AvgIpc) is 3.26. The highest BCUT2D eigenvalue weighted by Gasteiger charge is 2.20. The molecule has 1 aliphatic rings. The number of carbonyl (C=O) groups is 2. The van der Waals surface area contributed by atoms with E-state index in [1.807, 2.05) is 18.2 Å². The summed E-state index contributed by atoms with van der Waals surface area (Å²) in [7, 11) is 1.37. The average molecular weight is 461 g/mol. The van der Waals surface area contributed by atoms with Crippen molar-refractivity contribution in [1.29, 1.82) is 0 Å². The van der Waals surface area contributed by atoms with Crippen molar-refractivity contribution < 1.29 is 14.3 Å². The molecule has 1 amide bonds. The molecule has 5 nitrogen and oxygen atoms in total. The Balaban J connectivity index is 1.34. The van der Waals surface area contributed by atoms with Gasteiger partial charge in [-0.2, -0.15) is 0 Å². The largest absolute Gasteiger partial charge is 0.468 e. The fourth-order valence-corrected chi connectivity index (χ4v) is 5.01. The van der Waals surface area contributed by atoms with Crippen LogP contribution in [-0.2, 0) is 29.0 Å². The number of nitrogens with one attached hydrogen (secondary N) is 1. The van der Waals surface area contributed by atoms with E-state index in [0.717, 1.165) is 30.0 Å².